The molecule has 1 N–H and O–H groups in total. The average Bonchev–Trinajstić information content (AvgIpc) is 2.56. The van der Waals surface area contributed by atoms with E-state index in [4.69, 9.17) is 11.6 Å². The topological polar surface area (TPSA) is 12.0 Å². The molecular weight excluding hydrogens is 224 g/mol. The summed E-state index contributed by atoms with van der Waals surface area (Å²) in [4.78, 5) is 0. The summed E-state index contributed by atoms with van der Waals surface area (Å²) in [6.07, 6.45) is 2.13. The minimum atomic E-state index is -0.202. The van der Waals surface area contributed by atoms with Gasteiger partial charge < -0.3 is 5.32 Å². The largest absolute Gasteiger partial charge is 0.310 e. The van der Waals surface area contributed by atoms with Crippen LogP contribution in [0.15, 0.2) is 18.2 Å². The molecule has 1 aliphatic rings. The van der Waals surface area contributed by atoms with E-state index in [9.17, 15) is 4.39 Å². The number of nitrogens with one attached hydrogen (secondary N) is 1. The molecule has 0 radical (unpaired) electrons. The van der Waals surface area contributed by atoms with Crippen molar-refractivity contribution < 1.29 is 4.39 Å². The molecule has 1 aromatic rings. The molecule has 0 aromatic heterocycles. The molecule has 0 aliphatic carbocycles. The van der Waals surface area contributed by atoms with E-state index in [0.29, 0.717) is 5.02 Å². The molecule has 1 heterocycles. The van der Waals surface area contributed by atoms with Crippen molar-refractivity contribution in [3.05, 3.63) is 34.6 Å². The summed E-state index contributed by atoms with van der Waals surface area (Å²) in [5.41, 5.74) is 0.738. The molecule has 1 aromatic carbocycles. The molecule has 0 spiro atoms. The lowest BCUT2D eigenvalue weighted by Gasteiger charge is -2.11. The average molecular weight is 236 g/mol. The minimum Gasteiger partial charge on any atom is -0.310 e. The number of rotatable bonds is 1. The van der Waals surface area contributed by atoms with Crippen molar-refractivity contribution in [1.82, 2.24) is 5.32 Å². The highest BCUT2D eigenvalue weighted by Gasteiger charge is 2.19. The van der Waals surface area contributed by atoms with Crippen LogP contribution in [-0.2, 0) is 0 Å². The third-order valence-corrected chi connectivity index (χ3v) is 2.63. The highest BCUT2D eigenvalue weighted by atomic mass is 35.5. The molecule has 0 saturated carbocycles. The van der Waals surface area contributed by atoms with Gasteiger partial charge >= 0.3 is 0 Å². The molecule has 1 atom stereocenters. The summed E-state index contributed by atoms with van der Waals surface area (Å²) >= 11 is 5.66. The van der Waals surface area contributed by atoms with E-state index in [1.807, 2.05) is 0 Å². The van der Waals surface area contributed by atoms with Gasteiger partial charge in [-0.05, 0) is 31.5 Å². The van der Waals surface area contributed by atoms with Gasteiger partial charge in [-0.3, -0.25) is 0 Å². The Balaban J connectivity index is 0.000000980. The van der Waals surface area contributed by atoms with Crippen LogP contribution in [0.4, 0.5) is 4.39 Å². The Morgan fingerprint density at radius 1 is 1.43 bits per heavy atom. The fraction of sp³-hybridized carbons (Fsp3) is 0.400. The number of halogens is 3. The predicted molar refractivity (Wildman–Crippen MR) is 58.6 cm³/mol. The molecule has 4 heteroatoms. The van der Waals surface area contributed by atoms with Crippen LogP contribution in [0.25, 0.3) is 0 Å². The van der Waals surface area contributed by atoms with E-state index >= 15 is 0 Å². The molecule has 14 heavy (non-hydrogen) atoms. The van der Waals surface area contributed by atoms with Crippen molar-refractivity contribution in [3.8, 4) is 0 Å². The van der Waals surface area contributed by atoms with Crippen LogP contribution in [0.3, 0.4) is 0 Å². The first-order chi connectivity index (χ1) is 6.27. The Kier molecular flexibility index (Phi) is 4.17. The van der Waals surface area contributed by atoms with Crippen LogP contribution >= 0.6 is 24.0 Å². The molecule has 0 unspecified atom stereocenters. The molecule has 78 valence electrons. The number of benzene rings is 1. The zero-order valence-corrected chi connectivity index (χ0v) is 9.17. The number of hydrogen-bond donors (Lipinski definition) is 1. The summed E-state index contributed by atoms with van der Waals surface area (Å²) in [6, 6.07) is 5.05. The Morgan fingerprint density at radius 2 is 2.21 bits per heavy atom. The maximum atomic E-state index is 13.4. The van der Waals surface area contributed by atoms with Gasteiger partial charge in [0.1, 0.15) is 5.82 Å². The van der Waals surface area contributed by atoms with E-state index in [-0.39, 0.29) is 24.3 Å². The summed E-state index contributed by atoms with van der Waals surface area (Å²) in [5.74, 6) is -0.202. The Labute approximate surface area is 94.1 Å². The van der Waals surface area contributed by atoms with Gasteiger partial charge in [0.2, 0.25) is 0 Å². The fourth-order valence-electron chi connectivity index (χ4n) is 1.73. The molecule has 1 fully saturated rings. The summed E-state index contributed by atoms with van der Waals surface area (Å²) in [6.45, 7) is 0.979. The summed E-state index contributed by atoms with van der Waals surface area (Å²) in [7, 11) is 0. The third kappa shape index (κ3) is 2.38. The van der Waals surface area contributed by atoms with Gasteiger partial charge in [0.05, 0.1) is 0 Å². The first-order valence-corrected chi connectivity index (χ1v) is 4.83. The van der Waals surface area contributed by atoms with Crippen LogP contribution in [0.2, 0.25) is 5.02 Å². The van der Waals surface area contributed by atoms with Crippen LogP contribution in [0.5, 0.6) is 0 Å². The Hall–Kier alpha value is -0.310. The standard InChI is InChI=1S/C10H11ClFN.ClH/c11-7-3-4-8(9(12)6-7)10-2-1-5-13-10;/h3-4,6,10,13H,1-2,5H2;1H/t10-;/m1./s1. The molecule has 1 nitrogen and oxygen atoms in total. The first-order valence-electron chi connectivity index (χ1n) is 4.46. The monoisotopic (exact) mass is 235 g/mol. The molecule has 1 saturated heterocycles. The van der Waals surface area contributed by atoms with Gasteiger partial charge in [-0.1, -0.05) is 17.7 Å². The van der Waals surface area contributed by atoms with Crippen molar-refractivity contribution in [1.29, 1.82) is 0 Å². The lowest BCUT2D eigenvalue weighted by atomic mass is 10.1. The summed E-state index contributed by atoms with van der Waals surface area (Å²) < 4.78 is 13.4. The van der Waals surface area contributed by atoms with Crippen molar-refractivity contribution in [2.24, 2.45) is 0 Å². The lowest BCUT2D eigenvalue weighted by Crippen LogP contribution is -2.14. The molecular formula is C10H12Cl2FN. The Bertz CT molecular complexity index is 311. The van der Waals surface area contributed by atoms with E-state index in [1.54, 1.807) is 12.1 Å². The quantitative estimate of drug-likeness (QED) is 0.788. The molecule has 0 bridgehead atoms. The maximum absolute atomic E-state index is 13.4. The van der Waals surface area contributed by atoms with Crippen molar-refractivity contribution >= 4 is 24.0 Å². The summed E-state index contributed by atoms with van der Waals surface area (Å²) in [5, 5.41) is 3.71. The van der Waals surface area contributed by atoms with E-state index < -0.39 is 0 Å². The van der Waals surface area contributed by atoms with E-state index in [2.05, 4.69) is 5.32 Å². The third-order valence-electron chi connectivity index (χ3n) is 2.40. The Morgan fingerprint density at radius 3 is 2.79 bits per heavy atom. The predicted octanol–water partition coefficient (Wildman–Crippen LogP) is 3.33. The van der Waals surface area contributed by atoms with Gasteiger partial charge in [-0.2, -0.15) is 0 Å². The fourth-order valence-corrected chi connectivity index (χ4v) is 1.89. The van der Waals surface area contributed by atoms with Crippen LogP contribution < -0.4 is 5.32 Å². The second-order valence-corrected chi connectivity index (χ2v) is 3.75. The number of hydrogen-bond acceptors (Lipinski definition) is 1. The second kappa shape index (κ2) is 4.96. The van der Waals surface area contributed by atoms with Crippen molar-refractivity contribution in [2.45, 2.75) is 18.9 Å². The highest BCUT2D eigenvalue weighted by molar-refractivity contribution is 6.30. The molecule has 0 amide bonds. The van der Waals surface area contributed by atoms with Gasteiger partial charge in [-0.15, -0.1) is 12.4 Å². The maximum Gasteiger partial charge on any atom is 0.129 e. The SMILES string of the molecule is Cl.Fc1cc(Cl)ccc1[C@H]1CCCN1. The minimum absolute atomic E-state index is 0. The van der Waals surface area contributed by atoms with Gasteiger partial charge in [-0.25, -0.2) is 4.39 Å². The smallest absolute Gasteiger partial charge is 0.129 e. The van der Waals surface area contributed by atoms with Crippen molar-refractivity contribution in [3.63, 3.8) is 0 Å². The zero-order chi connectivity index (χ0) is 9.26. The first kappa shape index (κ1) is 11.8. The van der Waals surface area contributed by atoms with Crippen LogP contribution in [-0.4, -0.2) is 6.54 Å². The van der Waals surface area contributed by atoms with E-state index in [0.717, 1.165) is 24.9 Å². The van der Waals surface area contributed by atoms with Crippen LogP contribution in [0.1, 0.15) is 24.4 Å². The highest BCUT2D eigenvalue weighted by Crippen LogP contribution is 2.26. The normalized spacial score (nSPS) is 20.6. The van der Waals surface area contributed by atoms with Gasteiger partial charge in [0, 0.05) is 16.6 Å². The van der Waals surface area contributed by atoms with Crippen molar-refractivity contribution in [2.75, 3.05) is 6.54 Å². The zero-order valence-electron chi connectivity index (χ0n) is 7.59. The van der Waals surface area contributed by atoms with E-state index in [1.165, 1.54) is 6.07 Å². The van der Waals surface area contributed by atoms with Crippen LogP contribution in [0, 0.1) is 5.82 Å². The lowest BCUT2D eigenvalue weighted by molar-refractivity contribution is 0.559. The molecule has 2 rings (SSSR count). The second-order valence-electron chi connectivity index (χ2n) is 3.31. The van der Waals surface area contributed by atoms with Gasteiger partial charge in [0.25, 0.3) is 0 Å². The molecule has 1 aliphatic heterocycles. The van der Waals surface area contributed by atoms with Gasteiger partial charge in [0.15, 0.2) is 0 Å².